The number of aromatic nitrogens is 3. The van der Waals surface area contributed by atoms with Crippen LogP contribution in [0.15, 0.2) is 24.5 Å². The van der Waals surface area contributed by atoms with E-state index < -0.39 is 6.04 Å². The molecule has 0 fully saturated rings. The number of halogens is 2. The highest BCUT2D eigenvalue weighted by Gasteiger charge is 2.16. The lowest BCUT2D eigenvalue weighted by molar-refractivity contribution is 0.457. The van der Waals surface area contributed by atoms with Gasteiger partial charge in [-0.1, -0.05) is 25.4 Å². The maximum atomic E-state index is 13.8. The van der Waals surface area contributed by atoms with Gasteiger partial charge in [0.15, 0.2) is 0 Å². The third-order valence-electron chi connectivity index (χ3n) is 2.99. The van der Waals surface area contributed by atoms with Crippen LogP contribution in [0.2, 0.25) is 5.02 Å². The van der Waals surface area contributed by atoms with E-state index in [2.05, 4.69) is 23.9 Å². The topological polar surface area (TPSA) is 56.7 Å². The van der Waals surface area contributed by atoms with Crippen molar-refractivity contribution in [2.24, 2.45) is 11.7 Å². The molecule has 1 aromatic heterocycles. The van der Waals surface area contributed by atoms with Crippen LogP contribution >= 0.6 is 11.6 Å². The van der Waals surface area contributed by atoms with Gasteiger partial charge in [-0.3, -0.25) is 0 Å². The van der Waals surface area contributed by atoms with Crippen LogP contribution in [-0.4, -0.2) is 14.8 Å². The maximum absolute atomic E-state index is 13.8. The van der Waals surface area contributed by atoms with Gasteiger partial charge in [0, 0.05) is 29.6 Å². The van der Waals surface area contributed by atoms with Crippen molar-refractivity contribution >= 4 is 11.6 Å². The Bertz CT molecular complexity index is 582. The van der Waals surface area contributed by atoms with Crippen molar-refractivity contribution in [1.82, 2.24) is 14.8 Å². The molecule has 1 heterocycles. The van der Waals surface area contributed by atoms with Crippen LogP contribution in [0, 0.1) is 11.7 Å². The van der Waals surface area contributed by atoms with E-state index in [1.807, 2.05) is 4.68 Å². The van der Waals surface area contributed by atoms with Crippen molar-refractivity contribution in [2.75, 3.05) is 0 Å². The Hall–Kier alpha value is -1.46. The van der Waals surface area contributed by atoms with Crippen molar-refractivity contribution < 1.29 is 4.39 Å². The lowest BCUT2D eigenvalue weighted by atomic mass is 10.0. The predicted molar refractivity (Wildman–Crippen MR) is 76.9 cm³/mol. The van der Waals surface area contributed by atoms with E-state index in [0.717, 1.165) is 12.4 Å². The molecule has 6 heteroatoms. The average Bonchev–Trinajstić information content (AvgIpc) is 2.78. The minimum Gasteiger partial charge on any atom is -0.323 e. The van der Waals surface area contributed by atoms with Gasteiger partial charge in [-0.15, -0.1) is 0 Å². The quantitative estimate of drug-likeness (QED) is 0.923. The zero-order chi connectivity index (χ0) is 14.7. The molecule has 0 bridgehead atoms. The lowest BCUT2D eigenvalue weighted by Crippen LogP contribution is -2.19. The SMILES string of the molecule is CC(C)Cn1ncnc1CC(N)c1cc(Cl)ccc1F. The monoisotopic (exact) mass is 296 g/mol. The molecule has 0 spiro atoms. The highest BCUT2D eigenvalue weighted by atomic mass is 35.5. The van der Waals surface area contributed by atoms with Crippen molar-refractivity contribution in [3.63, 3.8) is 0 Å². The summed E-state index contributed by atoms with van der Waals surface area (Å²) in [6.07, 6.45) is 1.92. The maximum Gasteiger partial charge on any atom is 0.138 e. The summed E-state index contributed by atoms with van der Waals surface area (Å²) in [6.45, 7) is 4.96. The summed E-state index contributed by atoms with van der Waals surface area (Å²) in [5.74, 6) is 0.858. The number of hydrogen-bond acceptors (Lipinski definition) is 3. The smallest absolute Gasteiger partial charge is 0.138 e. The Morgan fingerprint density at radius 2 is 2.15 bits per heavy atom. The van der Waals surface area contributed by atoms with Gasteiger partial charge < -0.3 is 5.73 Å². The molecule has 0 aliphatic heterocycles. The van der Waals surface area contributed by atoms with Crippen LogP contribution < -0.4 is 5.73 Å². The van der Waals surface area contributed by atoms with Gasteiger partial charge in [0.25, 0.3) is 0 Å². The van der Waals surface area contributed by atoms with Crippen LogP contribution in [-0.2, 0) is 13.0 Å². The van der Waals surface area contributed by atoms with Crippen molar-refractivity contribution in [3.05, 3.63) is 46.8 Å². The molecule has 2 rings (SSSR count). The lowest BCUT2D eigenvalue weighted by Gasteiger charge is -2.14. The zero-order valence-corrected chi connectivity index (χ0v) is 12.3. The van der Waals surface area contributed by atoms with Gasteiger partial charge in [0.05, 0.1) is 0 Å². The minimum atomic E-state index is -0.496. The summed E-state index contributed by atoms with van der Waals surface area (Å²) >= 11 is 5.89. The van der Waals surface area contributed by atoms with Crippen LogP contribution in [0.3, 0.4) is 0 Å². The van der Waals surface area contributed by atoms with Gasteiger partial charge in [-0.2, -0.15) is 5.10 Å². The minimum absolute atomic E-state index is 0.350. The Balaban J connectivity index is 2.17. The molecular formula is C14H18ClFN4. The van der Waals surface area contributed by atoms with E-state index in [1.165, 1.54) is 18.5 Å². The van der Waals surface area contributed by atoms with Gasteiger partial charge >= 0.3 is 0 Å². The average molecular weight is 297 g/mol. The first-order valence-corrected chi connectivity index (χ1v) is 6.92. The first-order chi connectivity index (χ1) is 9.47. The molecule has 0 aliphatic rings. The van der Waals surface area contributed by atoms with E-state index in [1.54, 1.807) is 6.07 Å². The van der Waals surface area contributed by atoms with E-state index in [0.29, 0.717) is 22.9 Å². The molecule has 0 aliphatic carbocycles. The Morgan fingerprint density at radius 1 is 1.40 bits per heavy atom. The van der Waals surface area contributed by atoms with E-state index in [9.17, 15) is 4.39 Å². The van der Waals surface area contributed by atoms with Crippen LogP contribution in [0.1, 0.15) is 31.3 Å². The molecule has 0 radical (unpaired) electrons. The largest absolute Gasteiger partial charge is 0.323 e. The summed E-state index contributed by atoms with van der Waals surface area (Å²) in [6, 6.07) is 3.90. The first-order valence-electron chi connectivity index (χ1n) is 6.54. The van der Waals surface area contributed by atoms with E-state index in [4.69, 9.17) is 17.3 Å². The fourth-order valence-corrected chi connectivity index (χ4v) is 2.23. The van der Waals surface area contributed by atoms with Crippen LogP contribution in [0.4, 0.5) is 4.39 Å². The third kappa shape index (κ3) is 3.55. The number of rotatable bonds is 5. The molecule has 2 N–H and O–H groups in total. The molecule has 2 aromatic rings. The molecule has 0 saturated heterocycles. The van der Waals surface area contributed by atoms with E-state index in [-0.39, 0.29) is 5.82 Å². The number of nitrogens with two attached hydrogens (primary N) is 1. The molecule has 4 nitrogen and oxygen atoms in total. The number of hydrogen-bond donors (Lipinski definition) is 1. The highest BCUT2D eigenvalue weighted by molar-refractivity contribution is 6.30. The third-order valence-corrected chi connectivity index (χ3v) is 3.23. The second-order valence-corrected chi connectivity index (χ2v) is 5.67. The summed E-state index contributed by atoms with van der Waals surface area (Å²) < 4.78 is 15.6. The second-order valence-electron chi connectivity index (χ2n) is 5.23. The second kappa shape index (κ2) is 6.33. The summed E-state index contributed by atoms with van der Waals surface area (Å²) in [5, 5.41) is 4.65. The highest BCUT2D eigenvalue weighted by Crippen LogP contribution is 2.22. The van der Waals surface area contributed by atoms with Crippen molar-refractivity contribution in [2.45, 2.75) is 32.9 Å². The van der Waals surface area contributed by atoms with Crippen LogP contribution in [0.5, 0.6) is 0 Å². The Kier molecular flexibility index (Phi) is 4.73. The fraction of sp³-hybridized carbons (Fsp3) is 0.429. The van der Waals surface area contributed by atoms with Gasteiger partial charge in [-0.05, 0) is 24.1 Å². The molecular weight excluding hydrogens is 279 g/mol. The van der Waals surface area contributed by atoms with Gasteiger partial charge in [0.2, 0.25) is 0 Å². The number of benzene rings is 1. The normalized spacial score (nSPS) is 12.9. The first kappa shape index (κ1) is 14.9. The number of nitrogens with zero attached hydrogens (tertiary/aromatic N) is 3. The molecule has 1 unspecified atom stereocenters. The Morgan fingerprint density at radius 3 is 2.85 bits per heavy atom. The van der Waals surface area contributed by atoms with E-state index >= 15 is 0 Å². The molecule has 0 saturated carbocycles. The molecule has 108 valence electrons. The molecule has 0 amide bonds. The summed E-state index contributed by atoms with van der Waals surface area (Å²) in [5.41, 5.74) is 6.48. The van der Waals surface area contributed by atoms with Crippen LogP contribution in [0.25, 0.3) is 0 Å². The molecule has 1 aromatic carbocycles. The predicted octanol–water partition coefficient (Wildman–Crippen LogP) is 2.97. The van der Waals surface area contributed by atoms with Gasteiger partial charge in [0.1, 0.15) is 18.0 Å². The Labute approximate surface area is 122 Å². The van der Waals surface area contributed by atoms with Crippen molar-refractivity contribution in [1.29, 1.82) is 0 Å². The molecule has 1 atom stereocenters. The fourth-order valence-electron chi connectivity index (χ4n) is 2.05. The summed E-state index contributed by atoms with van der Waals surface area (Å²) in [4.78, 5) is 4.20. The molecule has 20 heavy (non-hydrogen) atoms. The zero-order valence-electron chi connectivity index (χ0n) is 11.6. The van der Waals surface area contributed by atoms with Gasteiger partial charge in [-0.25, -0.2) is 14.1 Å². The standard InChI is InChI=1S/C14H18ClFN4/c1-9(2)7-20-14(18-8-19-20)6-13(17)11-5-10(15)3-4-12(11)16/h3-5,8-9,13H,6-7,17H2,1-2H3. The van der Waals surface area contributed by atoms with Crippen molar-refractivity contribution in [3.8, 4) is 0 Å². The summed E-state index contributed by atoms with van der Waals surface area (Å²) in [7, 11) is 0.